The lowest BCUT2D eigenvalue weighted by Crippen LogP contribution is -2.26. The molecule has 5 rings (SSSR count). The predicted octanol–water partition coefficient (Wildman–Crippen LogP) is 3.84. The largest absolute Gasteiger partial charge is 0.341 e. The van der Waals surface area contributed by atoms with Gasteiger partial charge in [-0.2, -0.15) is 0 Å². The van der Waals surface area contributed by atoms with Crippen LogP contribution in [0.4, 0.5) is 5.69 Å². The fourth-order valence-corrected chi connectivity index (χ4v) is 4.60. The van der Waals surface area contributed by atoms with Crippen molar-refractivity contribution in [1.29, 1.82) is 0 Å². The molecule has 2 N–H and O–H groups in total. The van der Waals surface area contributed by atoms with Crippen LogP contribution in [-0.4, -0.2) is 21.3 Å². The van der Waals surface area contributed by atoms with Crippen LogP contribution in [0.15, 0.2) is 85.9 Å². The molecular formula is C20H14BrN5OS. The second-order valence-electron chi connectivity index (χ2n) is 6.25. The van der Waals surface area contributed by atoms with Crippen LogP contribution >= 0.6 is 27.7 Å². The summed E-state index contributed by atoms with van der Waals surface area (Å²) in [6.45, 7) is 0. The van der Waals surface area contributed by atoms with Gasteiger partial charge in [0.1, 0.15) is 22.4 Å². The molecule has 0 saturated heterocycles. The van der Waals surface area contributed by atoms with E-state index in [4.69, 9.17) is 0 Å². The summed E-state index contributed by atoms with van der Waals surface area (Å²) < 4.78 is 2.53. The van der Waals surface area contributed by atoms with Crippen LogP contribution in [0.3, 0.4) is 0 Å². The number of halogens is 1. The van der Waals surface area contributed by atoms with Crippen LogP contribution < -0.4 is 16.2 Å². The summed E-state index contributed by atoms with van der Waals surface area (Å²) >= 11 is 4.85. The zero-order chi connectivity index (χ0) is 19.1. The molecule has 1 atom stereocenters. The Hall–Kier alpha value is -2.84. The monoisotopic (exact) mass is 451 g/mol. The number of aromatic nitrogens is 2. The summed E-state index contributed by atoms with van der Waals surface area (Å²) in [6.07, 6.45) is 3.24. The quantitative estimate of drug-likeness (QED) is 0.632. The van der Waals surface area contributed by atoms with E-state index in [2.05, 4.69) is 36.5 Å². The van der Waals surface area contributed by atoms with Gasteiger partial charge in [-0.3, -0.25) is 14.4 Å². The maximum absolute atomic E-state index is 13.1. The van der Waals surface area contributed by atoms with E-state index in [1.54, 1.807) is 17.2 Å². The topological polar surface area (TPSA) is 71.3 Å². The molecule has 2 aromatic carbocycles. The molecule has 3 aromatic rings. The highest BCUT2D eigenvalue weighted by Crippen LogP contribution is 2.44. The first-order chi connectivity index (χ1) is 13.7. The van der Waals surface area contributed by atoms with Crippen LogP contribution in [0.1, 0.15) is 5.69 Å². The summed E-state index contributed by atoms with van der Waals surface area (Å²) in [5.41, 5.74) is 3.21. The van der Waals surface area contributed by atoms with Crippen molar-refractivity contribution in [2.45, 2.75) is 10.3 Å². The van der Waals surface area contributed by atoms with Crippen LogP contribution in [0.2, 0.25) is 0 Å². The first-order valence-corrected chi connectivity index (χ1v) is 10.3. The molecule has 0 radical (unpaired) electrons. The van der Waals surface area contributed by atoms with Gasteiger partial charge in [0.05, 0.1) is 23.3 Å². The molecule has 6 nitrogen and oxygen atoms in total. The Morgan fingerprint density at radius 2 is 1.89 bits per heavy atom. The van der Waals surface area contributed by atoms with E-state index in [1.807, 2.05) is 54.6 Å². The number of hydrogen-bond donors (Lipinski definition) is 2. The molecule has 0 fully saturated rings. The Balaban J connectivity index is 1.60. The van der Waals surface area contributed by atoms with Crippen molar-refractivity contribution < 1.29 is 0 Å². The van der Waals surface area contributed by atoms with Crippen LogP contribution in [-0.2, 0) is 0 Å². The van der Waals surface area contributed by atoms with Gasteiger partial charge in [-0.1, -0.05) is 45.9 Å². The Morgan fingerprint density at radius 3 is 2.68 bits per heavy atom. The molecule has 0 aliphatic carbocycles. The minimum Gasteiger partial charge on any atom is -0.341 e. The van der Waals surface area contributed by atoms with Crippen molar-refractivity contribution >= 4 is 45.3 Å². The van der Waals surface area contributed by atoms with Crippen molar-refractivity contribution in [2.24, 2.45) is 4.99 Å². The third-order valence-electron chi connectivity index (χ3n) is 4.50. The summed E-state index contributed by atoms with van der Waals surface area (Å²) in [6, 6.07) is 17.4. The maximum Gasteiger partial charge on any atom is 0.272 e. The fourth-order valence-electron chi connectivity index (χ4n) is 3.17. The third kappa shape index (κ3) is 2.94. The normalized spacial score (nSPS) is 17.1. The first kappa shape index (κ1) is 17.3. The third-order valence-corrected chi connectivity index (χ3v) is 6.21. The van der Waals surface area contributed by atoms with Crippen LogP contribution in [0.25, 0.3) is 11.3 Å². The number of fused-ring (bicyclic) bond motifs is 3. The zero-order valence-corrected chi connectivity index (χ0v) is 16.9. The van der Waals surface area contributed by atoms with E-state index in [-0.39, 0.29) is 10.9 Å². The molecule has 0 saturated carbocycles. The standard InChI is InChI=1S/C20H14BrN5OS/c21-12-6-8-14(9-7-12)26-11-24-16-15-18(25-13-4-2-1-3-5-13)22-10-23-19(15)28-17(16)20(26)27/h1-11,19,25H,(H,22,23). The number of nitrogens with one attached hydrogen (secondary N) is 2. The Labute approximate surface area is 173 Å². The summed E-state index contributed by atoms with van der Waals surface area (Å²) in [5.74, 6) is 0.797. The molecule has 2 aliphatic rings. The van der Waals surface area contributed by atoms with E-state index >= 15 is 0 Å². The Bertz CT molecular complexity index is 1170. The number of hydrogen-bond acceptors (Lipinski definition) is 6. The van der Waals surface area contributed by atoms with Gasteiger partial charge in [-0.05, 0) is 36.4 Å². The fraction of sp³-hybridized carbons (Fsp3) is 0.0500. The SMILES string of the molecule is O=c1c2c(ncn1-c1ccc(Br)cc1)C1=C(Nc3ccccc3)NC=NC1S2. The molecule has 8 heteroatoms. The van der Waals surface area contributed by atoms with E-state index < -0.39 is 0 Å². The van der Waals surface area contributed by atoms with Crippen LogP contribution in [0, 0.1) is 0 Å². The lowest BCUT2D eigenvalue weighted by atomic mass is 10.1. The molecule has 0 spiro atoms. The highest BCUT2D eigenvalue weighted by Gasteiger charge is 2.36. The van der Waals surface area contributed by atoms with Gasteiger partial charge in [0, 0.05) is 10.2 Å². The average molecular weight is 452 g/mol. The molecule has 28 heavy (non-hydrogen) atoms. The van der Waals surface area contributed by atoms with Crippen molar-refractivity contribution in [3.8, 4) is 5.69 Å². The van der Waals surface area contributed by atoms with Gasteiger partial charge in [0.2, 0.25) is 0 Å². The smallest absolute Gasteiger partial charge is 0.272 e. The maximum atomic E-state index is 13.1. The molecule has 3 heterocycles. The summed E-state index contributed by atoms with van der Waals surface area (Å²) in [7, 11) is 0. The molecule has 0 amide bonds. The Kier molecular flexibility index (Phi) is 4.29. The van der Waals surface area contributed by atoms with Gasteiger partial charge in [-0.25, -0.2) is 4.98 Å². The van der Waals surface area contributed by atoms with Gasteiger partial charge >= 0.3 is 0 Å². The summed E-state index contributed by atoms with van der Waals surface area (Å²) in [5, 5.41) is 6.35. The lowest BCUT2D eigenvalue weighted by molar-refractivity contribution is 0.881. The summed E-state index contributed by atoms with van der Waals surface area (Å²) in [4.78, 5) is 22.8. The molecule has 2 aliphatic heterocycles. The number of thioether (sulfide) groups is 1. The van der Waals surface area contributed by atoms with Crippen LogP contribution in [0.5, 0.6) is 0 Å². The molecule has 0 bridgehead atoms. The molecular weight excluding hydrogens is 438 g/mol. The van der Waals surface area contributed by atoms with Crippen molar-refractivity contribution in [3.05, 3.63) is 87.3 Å². The van der Waals surface area contributed by atoms with Crippen molar-refractivity contribution in [2.75, 3.05) is 5.32 Å². The second-order valence-corrected chi connectivity index (χ2v) is 8.25. The predicted molar refractivity (Wildman–Crippen MR) is 116 cm³/mol. The lowest BCUT2D eigenvalue weighted by Gasteiger charge is -2.20. The van der Waals surface area contributed by atoms with Crippen molar-refractivity contribution in [3.63, 3.8) is 0 Å². The van der Waals surface area contributed by atoms with Gasteiger partial charge in [0.25, 0.3) is 5.56 Å². The molecule has 138 valence electrons. The number of para-hydroxylation sites is 1. The van der Waals surface area contributed by atoms with E-state index in [0.29, 0.717) is 10.6 Å². The van der Waals surface area contributed by atoms with Gasteiger partial charge < -0.3 is 10.6 Å². The molecule has 1 unspecified atom stereocenters. The van der Waals surface area contributed by atoms with E-state index in [0.717, 1.165) is 27.2 Å². The van der Waals surface area contributed by atoms with Gasteiger partial charge in [0.15, 0.2) is 0 Å². The number of aliphatic imine (C=N–C) groups is 1. The first-order valence-electron chi connectivity index (χ1n) is 8.60. The number of anilines is 1. The molecule has 1 aromatic heterocycles. The average Bonchev–Trinajstić information content (AvgIpc) is 3.11. The number of rotatable bonds is 3. The second kappa shape index (κ2) is 6.96. The minimum absolute atomic E-state index is 0.0894. The van der Waals surface area contributed by atoms with E-state index in [9.17, 15) is 4.79 Å². The highest BCUT2D eigenvalue weighted by molar-refractivity contribution is 9.10. The van der Waals surface area contributed by atoms with E-state index in [1.165, 1.54) is 11.8 Å². The highest BCUT2D eigenvalue weighted by atomic mass is 79.9. The number of benzene rings is 2. The number of nitrogens with zero attached hydrogens (tertiary/aromatic N) is 3. The minimum atomic E-state index is -0.191. The zero-order valence-electron chi connectivity index (χ0n) is 14.5. The Morgan fingerprint density at radius 1 is 1.11 bits per heavy atom. The van der Waals surface area contributed by atoms with Crippen molar-refractivity contribution in [1.82, 2.24) is 14.9 Å². The van der Waals surface area contributed by atoms with Gasteiger partial charge in [-0.15, -0.1) is 0 Å².